The predicted octanol–water partition coefficient (Wildman–Crippen LogP) is 3.66. The van der Waals surface area contributed by atoms with Gasteiger partial charge in [-0.1, -0.05) is 74.5 Å². The molecular weight excluding hydrogens is 382 g/mol. The number of hydrogen-bond acceptors (Lipinski definition) is 4. The van der Waals surface area contributed by atoms with Gasteiger partial charge in [-0.3, -0.25) is 0 Å². The van der Waals surface area contributed by atoms with Crippen LogP contribution in [-0.4, -0.2) is 40.3 Å². The van der Waals surface area contributed by atoms with Gasteiger partial charge in [0, 0.05) is 12.2 Å². The largest absolute Gasteiger partial charge is 0.478 e. The summed E-state index contributed by atoms with van der Waals surface area (Å²) in [5.41, 5.74) is 1.01. The van der Waals surface area contributed by atoms with Gasteiger partial charge in [-0.2, -0.15) is 0 Å². The number of carboxylic acids is 2. The van der Waals surface area contributed by atoms with Crippen LogP contribution >= 0.6 is 0 Å². The molecule has 2 rings (SSSR count). The first-order valence-corrected chi connectivity index (χ1v) is 9.93. The third-order valence-electron chi connectivity index (χ3n) is 4.32. The Morgan fingerprint density at radius 2 is 1.33 bits per heavy atom. The van der Waals surface area contributed by atoms with E-state index in [0.717, 1.165) is 30.6 Å². The molecule has 162 valence electrons. The van der Waals surface area contributed by atoms with Crippen LogP contribution in [0.15, 0.2) is 72.8 Å². The first-order chi connectivity index (χ1) is 14.3. The van der Waals surface area contributed by atoms with Crippen molar-refractivity contribution in [3.05, 3.63) is 83.9 Å². The summed E-state index contributed by atoms with van der Waals surface area (Å²) in [5, 5.41) is 30.4. The number of benzene rings is 2. The predicted molar refractivity (Wildman–Crippen MR) is 117 cm³/mol. The van der Waals surface area contributed by atoms with Gasteiger partial charge in [0.1, 0.15) is 5.60 Å². The normalized spacial score (nSPS) is 11.2. The molecule has 0 heterocycles. The monoisotopic (exact) mass is 413 g/mol. The zero-order valence-electron chi connectivity index (χ0n) is 17.5. The molecule has 0 atom stereocenters. The van der Waals surface area contributed by atoms with E-state index >= 15 is 0 Å². The number of carbonyl (C=O) groups is 2. The van der Waals surface area contributed by atoms with Crippen molar-refractivity contribution in [3.63, 3.8) is 0 Å². The molecule has 2 aromatic carbocycles. The van der Waals surface area contributed by atoms with Crippen LogP contribution in [0.1, 0.15) is 37.8 Å². The quantitative estimate of drug-likeness (QED) is 0.350. The lowest BCUT2D eigenvalue weighted by Crippen LogP contribution is -2.29. The summed E-state index contributed by atoms with van der Waals surface area (Å²) < 4.78 is 0. The molecule has 0 spiro atoms. The van der Waals surface area contributed by atoms with Crippen LogP contribution in [0.2, 0.25) is 0 Å². The molecule has 0 saturated heterocycles. The van der Waals surface area contributed by atoms with E-state index in [-0.39, 0.29) is 0 Å². The molecule has 0 aliphatic carbocycles. The smallest absolute Gasteiger partial charge is 0.328 e. The SMILES string of the molecule is CC(C)CNCCCC(O)(c1ccccc1)c1ccccc1.O=C(O)C=CC(=O)O. The summed E-state index contributed by atoms with van der Waals surface area (Å²) in [5.74, 6) is -1.86. The highest BCUT2D eigenvalue weighted by Crippen LogP contribution is 2.33. The minimum atomic E-state index is -1.26. The van der Waals surface area contributed by atoms with Gasteiger partial charge >= 0.3 is 11.9 Å². The maximum atomic E-state index is 11.3. The highest BCUT2D eigenvalue weighted by molar-refractivity contribution is 5.89. The number of hydrogen-bond donors (Lipinski definition) is 4. The lowest BCUT2D eigenvalue weighted by Gasteiger charge is -2.29. The second kappa shape index (κ2) is 13.3. The average Bonchev–Trinajstić information content (AvgIpc) is 2.73. The third kappa shape index (κ3) is 9.49. The highest BCUT2D eigenvalue weighted by atomic mass is 16.4. The second-order valence-corrected chi connectivity index (χ2v) is 7.30. The molecule has 0 amide bonds. The Morgan fingerprint density at radius 1 is 0.900 bits per heavy atom. The van der Waals surface area contributed by atoms with Crippen LogP contribution in [0, 0.1) is 5.92 Å². The Bertz CT molecular complexity index is 732. The second-order valence-electron chi connectivity index (χ2n) is 7.30. The summed E-state index contributed by atoms with van der Waals surface area (Å²) >= 11 is 0. The summed E-state index contributed by atoms with van der Waals surface area (Å²) in [7, 11) is 0. The minimum Gasteiger partial charge on any atom is -0.478 e. The van der Waals surface area contributed by atoms with E-state index < -0.39 is 17.5 Å². The van der Waals surface area contributed by atoms with Crippen molar-refractivity contribution >= 4 is 11.9 Å². The Kier molecular flexibility index (Phi) is 11.1. The van der Waals surface area contributed by atoms with E-state index in [1.807, 2.05) is 60.7 Å². The van der Waals surface area contributed by atoms with Gasteiger partial charge in [-0.15, -0.1) is 0 Å². The molecule has 0 saturated carbocycles. The van der Waals surface area contributed by atoms with Gasteiger partial charge in [-0.05, 0) is 43.0 Å². The number of nitrogens with one attached hydrogen (secondary N) is 1. The first kappa shape index (κ1) is 25.1. The summed E-state index contributed by atoms with van der Waals surface area (Å²) in [6, 6.07) is 19.9. The Labute approximate surface area is 177 Å². The molecule has 0 unspecified atom stereocenters. The third-order valence-corrected chi connectivity index (χ3v) is 4.32. The number of rotatable bonds is 10. The van der Waals surface area contributed by atoms with Crippen LogP contribution in [0.25, 0.3) is 0 Å². The number of aliphatic carboxylic acids is 2. The highest BCUT2D eigenvalue weighted by Gasteiger charge is 2.30. The number of aliphatic hydroxyl groups is 1. The maximum absolute atomic E-state index is 11.3. The van der Waals surface area contributed by atoms with Crippen molar-refractivity contribution in [3.8, 4) is 0 Å². The van der Waals surface area contributed by atoms with Crippen molar-refractivity contribution in [2.24, 2.45) is 5.92 Å². The number of carboxylic acid groups (broad SMARTS) is 2. The molecule has 6 nitrogen and oxygen atoms in total. The van der Waals surface area contributed by atoms with Crippen LogP contribution in [0.3, 0.4) is 0 Å². The molecule has 0 radical (unpaired) electrons. The molecule has 2 aromatic rings. The van der Waals surface area contributed by atoms with E-state index in [9.17, 15) is 14.7 Å². The molecule has 0 aliphatic heterocycles. The van der Waals surface area contributed by atoms with Gasteiger partial charge in [0.05, 0.1) is 0 Å². The Balaban J connectivity index is 0.000000479. The van der Waals surface area contributed by atoms with Crippen LogP contribution in [-0.2, 0) is 15.2 Å². The van der Waals surface area contributed by atoms with Crippen molar-refractivity contribution in [2.75, 3.05) is 13.1 Å². The van der Waals surface area contributed by atoms with E-state index in [1.54, 1.807) is 0 Å². The van der Waals surface area contributed by atoms with E-state index in [4.69, 9.17) is 10.2 Å². The van der Waals surface area contributed by atoms with Gasteiger partial charge < -0.3 is 20.6 Å². The molecule has 4 N–H and O–H groups in total. The molecule has 0 aromatic heterocycles. The standard InChI is InChI=1S/C20H27NO.C4H4O4/c1-17(2)16-21-15-9-14-20(22,18-10-5-3-6-11-18)19-12-7-4-8-13-19;5-3(6)1-2-4(7)8/h3-8,10-13,17,21-22H,9,14-16H2,1-2H3;1-2H,(H,5,6)(H,7,8). The van der Waals surface area contributed by atoms with Gasteiger partial charge in [0.15, 0.2) is 0 Å². The maximum Gasteiger partial charge on any atom is 0.328 e. The van der Waals surface area contributed by atoms with Crippen molar-refractivity contribution in [1.82, 2.24) is 5.32 Å². The van der Waals surface area contributed by atoms with Gasteiger partial charge in [0.25, 0.3) is 0 Å². The fourth-order valence-electron chi connectivity index (χ4n) is 2.89. The zero-order valence-corrected chi connectivity index (χ0v) is 17.5. The lowest BCUT2D eigenvalue weighted by molar-refractivity contribution is -0.134. The average molecular weight is 414 g/mol. The van der Waals surface area contributed by atoms with Gasteiger partial charge in [-0.25, -0.2) is 9.59 Å². The summed E-state index contributed by atoms with van der Waals surface area (Å²) in [6.45, 7) is 6.36. The van der Waals surface area contributed by atoms with Crippen LogP contribution < -0.4 is 5.32 Å². The van der Waals surface area contributed by atoms with E-state index in [1.165, 1.54) is 0 Å². The Hall–Kier alpha value is -2.96. The molecule has 0 fully saturated rings. The van der Waals surface area contributed by atoms with Crippen LogP contribution in [0.4, 0.5) is 0 Å². The van der Waals surface area contributed by atoms with Crippen molar-refractivity contribution in [1.29, 1.82) is 0 Å². The first-order valence-electron chi connectivity index (χ1n) is 9.93. The zero-order chi connectivity index (χ0) is 22.4. The fourth-order valence-corrected chi connectivity index (χ4v) is 2.89. The Morgan fingerprint density at radius 3 is 1.70 bits per heavy atom. The summed E-state index contributed by atoms with van der Waals surface area (Å²) in [4.78, 5) is 19.1. The van der Waals surface area contributed by atoms with Crippen molar-refractivity contribution in [2.45, 2.75) is 32.3 Å². The lowest BCUT2D eigenvalue weighted by atomic mass is 9.82. The molecular formula is C24H31NO5. The van der Waals surface area contributed by atoms with Crippen LogP contribution in [0.5, 0.6) is 0 Å². The molecule has 0 aliphatic rings. The van der Waals surface area contributed by atoms with E-state index in [0.29, 0.717) is 24.5 Å². The van der Waals surface area contributed by atoms with E-state index in [2.05, 4.69) is 19.2 Å². The summed E-state index contributed by atoms with van der Waals surface area (Å²) in [6.07, 6.45) is 2.77. The fraction of sp³-hybridized carbons (Fsp3) is 0.333. The molecule has 30 heavy (non-hydrogen) atoms. The topological polar surface area (TPSA) is 107 Å². The molecule has 6 heteroatoms. The van der Waals surface area contributed by atoms with Crippen molar-refractivity contribution < 1.29 is 24.9 Å². The van der Waals surface area contributed by atoms with Gasteiger partial charge in [0.2, 0.25) is 0 Å². The minimum absolute atomic E-state index is 0.558. The molecule has 0 bridgehead atoms.